The molecule has 0 saturated heterocycles. The zero-order chi connectivity index (χ0) is 23.8. The van der Waals surface area contributed by atoms with Gasteiger partial charge in [0, 0.05) is 38.8 Å². The Balaban J connectivity index is 1.46. The monoisotopic (exact) mass is 472 g/mol. The second kappa shape index (κ2) is 11.4. The van der Waals surface area contributed by atoms with E-state index in [1.165, 1.54) is 18.7 Å². The number of sulfonamides is 1. The predicted octanol–water partition coefficient (Wildman–Crippen LogP) is 2.22. The second-order valence-corrected chi connectivity index (χ2v) is 10.2. The van der Waals surface area contributed by atoms with E-state index in [9.17, 15) is 18.0 Å². The van der Waals surface area contributed by atoms with Crippen LogP contribution in [0.3, 0.4) is 0 Å². The van der Waals surface area contributed by atoms with E-state index in [2.05, 4.69) is 34.6 Å². The van der Waals surface area contributed by atoms with Gasteiger partial charge in [-0.15, -0.1) is 0 Å². The summed E-state index contributed by atoms with van der Waals surface area (Å²) >= 11 is 0. The fourth-order valence-corrected chi connectivity index (χ4v) is 4.94. The quantitative estimate of drug-likeness (QED) is 0.489. The summed E-state index contributed by atoms with van der Waals surface area (Å²) in [5.74, 6) is -0.411. The Bertz CT molecular complexity index is 1070. The summed E-state index contributed by atoms with van der Waals surface area (Å²) in [6, 6.07) is 14.9. The first kappa shape index (κ1) is 24.9. The fourth-order valence-electron chi connectivity index (χ4n) is 3.76. The van der Waals surface area contributed by atoms with Gasteiger partial charge in [0.2, 0.25) is 21.8 Å². The van der Waals surface area contributed by atoms with Gasteiger partial charge in [-0.05, 0) is 48.7 Å². The second-order valence-electron chi connectivity index (χ2n) is 8.19. The van der Waals surface area contributed by atoms with E-state index in [1.54, 1.807) is 12.1 Å². The number of fused-ring (bicyclic) bond motifs is 1. The molecule has 0 atom stereocenters. The summed E-state index contributed by atoms with van der Waals surface area (Å²) in [4.78, 5) is 26.2. The topological polar surface area (TPSA) is 98.8 Å². The van der Waals surface area contributed by atoms with Gasteiger partial charge in [-0.1, -0.05) is 37.3 Å². The molecule has 0 aromatic heterocycles. The first-order valence-electron chi connectivity index (χ1n) is 11.2. The van der Waals surface area contributed by atoms with Crippen LogP contribution in [0.4, 0.5) is 5.69 Å². The van der Waals surface area contributed by atoms with Crippen molar-refractivity contribution in [3.8, 4) is 0 Å². The molecule has 2 N–H and O–H groups in total. The number of hydrogen-bond donors (Lipinski definition) is 2. The van der Waals surface area contributed by atoms with Gasteiger partial charge in [0.1, 0.15) is 0 Å². The highest BCUT2D eigenvalue weighted by atomic mass is 32.2. The van der Waals surface area contributed by atoms with E-state index in [0.717, 1.165) is 35.9 Å². The van der Waals surface area contributed by atoms with Gasteiger partial charge in [0.25, 0.3) is 0 Å². The van der Waals surface area contributed by atoms with E-state index in [0.29, 0.717) is 25.1 Å². The maximum Gasteiger partial charge on any atom is 0.243 e. The van der Waals surface area contributed by atoms with E-state index in [1.807, 2.05) is 18.2 Å². The van der Waals surface area contributed by atoms with Gasteiger partial charge in [0.05, 0.1) is 11.4 Å². The van der Waals surface area contributed by atoms with Crippen LogP contribution in [0.1, 0.15) is 30.9 Å². The minimum Gasteiger partial charge on any atom is -0.355 e. The zero-order valence-corrected chi connectivity index (χ0v) is 20.0. The molecule has 33 heavy (non-hydrogen) atoms. The maximum atomic E-state index is 12.9. The van der Waals surface area contributed by atoms with Gasteiger partial charge < -0.3 is 10.6 Å². The largest absolute Gasteiger partial charge is 0.355 e. The molecule has 1 heterocycles. The van der Waals surface area contributed by atoms with E-state index in [4.69, 9.17) is 0 Å². The number of amides is 2. The number of anilines is 1. The lowest BCUT2D eigenvalue weighted by atomic mass is 10.0. The van der Waals surface area contributed by atoms with Crippen molar-refractivity contribution in [1.29, 1.82) is 0 Å². The predicted molar refractivity (Wildman–Crippen MR) is 128 cm³/mol. The zero-order valence-electron chi connectivity index (χ0n) is 19.2. The lowest BCUT2D eigenvalue weighted by molar-refractivity contribution is -0.121. The standard InChI is InChI=1S/C24H32N4O4S/c1-3-28(17-19-8-5-4-6-9-19)15-7-14-25-24(30)18-27(2)33(31,32)21-11-12-22-20(16-21)10-13-23(29)26-22/h4-6,8-9,11-12,16H,3,7,10,13-15,17-18H2,1-2H3,(H,25,30)(H,26,29). The smallest absolute Gasteiger partial charge is 0.243 e. The van der Waals surface area contributed by atoms with Crippen LogP contribution in [-0.2, 0) is 32.6 Å². The summed E-state index contributed by atoms with van der Waals surface area (Å²) in [7, 11) is -2.41. The van der Waals surface area contributed by atoms with Gasteiger partial charge in [0.15, 0.2) is 0 Å². The van der Waals surface area contributed by atoms with Crippen molar-refractivity contribution >= 4 is 27.5 Å². The fraction of sp³-hybridized carbons (Fsp3) is 0.417. The summed E-state index contributed by atoms with van der Waals surface area (Å²) in [6.45, 7) is 4.95. The van der Waals surface area contributed by atoms with Crippen LogP contribution in [0.2, 0.25) is 0 Å². The van der Waals surface area contributed by atoms with Gasteiger partial charge in [-0.2, -0.15) is 4.31 Å². The Morgan fingerprint density at radius 3 is 2.61 bits per heavy atom. The van der Waals surface area contributed by atoms with Crippen molar-refractivity contribution < 1.29 is 18.0 Å². The Kier molecular flexibility index (Phi) is 8.60. The molecule has 1 aliphatic rings. The molecule has 1 aliphatic heterocycles. The first-order valence-corrected chi connectivity index (χ1v) is 12.7. The molecular formula is C24H32N4O4S. The number of rotatable bonds is 11. The van der Waals surface area contributed by atoms with Crippen molar-refractivity contribution in [2.75, 3.05) is 38.5 Å². The highest BCUT2D eigenvalue weighted by molar-refractivity contribution is 7.89. The number of carbonyl (C=O) groups excluding carboxylic acids is 2. The summed E-state index contributed by atoms with van der Waals surface area (Å²) in [6.07, 6.45) is 1.60. The molecule has 2 amide bonds. The van der Waals surface area contributed by atoms with E-state index >= 15 is 0 Å². The molecule has 0 saturated carbocycles. The van der Waals surface area contributed by atoms with E-state index in [-0.39, 0.29) is 23.3 Å². The van der Waals surface area contributed by atoms with Crippen molar-refractivity contribution in [3.05, 3.63) is 59.7 Å². The molecule has 3 rings (SSSR count). The molecule has 9 heteroatoms. The van der Waals surface area contributed by atoms with Crippen LogP contribution in [0, 0.1) is 0 Å². The lowest BCUT2D eigenvalue weighted by Crippen LogP contribution is -2.39. The number of aryl methyl sites for hydroxylation is 1. The average Bonchev–Trinajstić information content (AvgIpc) is 2.81. The Morgan fingerprint density at radius 2 is 1.88 bits per heavy atom. The van der Waals surface area contributed by atoms with Gasteiger partial charge >= 0.3 is 0 Å². The molecule has 2 aromatic carbocycles. The lowest BCUT2D eigenvalue weighted by Gasteiger charge is -2.21. The minimum atomic E-state index is -3.81. The van der Waals surface area contributed by atoms with Crippen LogP contribution >= 0.6 is 0 Å². The molecule has 0 radical (unpaired) electrons. The molecule has 178 valence electrons. The molecule has 0 fully saturated rings. The molecule has 8 nitrogen and oxygen atoms in total. The third-order valence-corrected chi connectivity index (χ3v) is 7.52. The number of hydrogen-bond acceptors (Lipinski definition) is 5. The average molecular weight is 473 g/mol. The third-order valence-electron chi connectivity index (χ3n) is 5.72. The third kappa shape index (κ3) is 6.86. The van der Waals surface area contributed by atoms with Gasteiger partial charge in [-0.3, -0.25) is 14.5 Å². The molecule has 0 bridgehead atoms. The van der Waals surface area contributed by atoms with Crippen LogP contribution in [-0.4, -0.2) is 62.7 Å². The van der Waals surface area contributed by atoms with Crippen LogP contribution < -0.4 is 10.6 Å². The van der Waals surface area contributed by atoms with Crippen LogP contribution in [0.25, 0.3) is 0 Å². The van der Waals surface area contributed by atoms with Crippen LogP contribution in [0.15, 0.2) is 53.4 Å². The number of likely N-dealkylation sites (N-methyl/N-ethyl adjacent to an activating group) is 1. The molecule has 0 spiro atoms. The Labute approximate surface area is 196 Å². The van der Waals surface area contributed by atoms with Crippen LogP contribution in [0.5, 0.6) is 0 Å². The summed E-state index contributed by atoms with van der Waals surface area (Å²) in [5, 5.41) is 5.56. The summed E-state index contributed by atoms with van der Waals surface area (Å²) in [5.41, 5.74) is 2.67. The van der Waals surface area contributed by atoms with Crippen molar-refractivity contribution in [2.24, 2.45) is 0 Å². The van der Waals surface area contributed by atoms with Crippen molar-refractivity contribution in [3.63, 3.8) is 0 Å². The Hall–Kier alpha value is -2.75. The van der Waals surface area contributed by atoms with Crippen molar-refractivity contribution in [1.82, 2.24) is 14.5 Å². The number of nitrogens with zero attached hydrogens (tertiary/aromatic N) is 2. The minimum absolute atomic E-state index is 0.0750. The summed E-state index contributed by atoms with van der Waals surface area (Å²) < 4.78 is 26.9. The highest BCUT2D eigenvalue weighted by Crippen LogP contribution is 2.26. The van der Waals surface area contributed by atoms with E-state index < -0.39 is 10.0 Å². The number of nitrogens with one attached hydrogen (secondary N) is 2. The number of benzene rings is 2. The molecule has 0 unspecified atom stereocenters. The first-order chi connectivity index (χ1) is 15.8. The molecule has 0 aliphatic carbocycles. The normalized spacial score (nSPS) is 13.6. The highest BCUT2D eigenvalue weighted by Gasteiger charge is 2.25. The van der Waals surface area contributed by atoms with Crippen molar-refractivity contribution in [2.45, 2.75) is 37.6 Å². The van der Waals surface area contributed by atoms with Gasteiger partial charge in [-0.25, -0.2) is 8.42 Å². The molecular weight excluding hydrogens is 440 g/mol. The maximum absolute atomic E-state index is 12.9. The number of carbonyl (C=O) groups is 2. The Morgan fingerprint density at radius 1 is 1.12 bits per heavy atom. The SMILES string of the molecule is CCN(CCCNC(=O)CN(C)S(=O)(=O)c1ccc2c(c1)CCC(=O)N2)Cc1ccccc1. The molecule has 2 aromatic rings.